The van der Waals surface area contributed by atoms with Gasteiger partial charge in [-0.05, 0) is 32.9 Å². The number of hydrogen-bond donors (Lipinski definition) is 1. The van der Waals surface area contributed by atoms with Crippen LogP contribution in [0.15, 0.2) is 18.3 Å². The van der Waals surface area contributed by atoms with Crippen LogP contribution in [0.4, 0.5) is 10.6 Å². The van der Waals surface area contributed by atoms with Crippen LogP contribution in [-0.4, -0.2) is 34.3 Å². The van der Waals surface area contributed by atoms with Crippen LogP contribution in [-0.2, 0) is 4.74 Å². The zero-order chi connectivity index (χ0) is 15.3. The monoisotopic (exact) mass is 277 g/mol. The van der Waals surface area contributed by atoms with E-state index in [9.17, 15) is 9.59 Å². The summed E-state index contributed by atoms with van der Waals surface area (Å²) in [6.07, 6.45) is 0.525. The molecule has 0 bridgehead atoms. The van der Waals surface area contributed by atoms with Gasteiger partial charge in [0.05, 0.1) is 6.07 Å². The smallest absolute Gasteiger partial charge is 0.416 e. The third-order valence-corrected chi connectivity index (χ3v) is 2.12. The highest BCUT2D eigenvalue weighted by atomic mass is 16.6. The number of nitriles is 1. The molecule has 1 N–H and O–H groups in total. The minimum atomic E-state index is -1.24. The first kappa shape index (κ1) is 15.4. The van der Waals surface area contributed by atoms with Gasteiger partial charge in [-0.1, -0.05) is 0 Å². The molecule has 0 aliphatic rings. The number of ether oxygens (including phenoxy) is 1. The molecule has 20 heavy (non-hydrogen) atoms. The lowest BCUT2D eigenvalue weighted by molar-refractivity contribution is 0.0583. The lowest BCUT2D eigenvalue weighted by atomic mass is 10.2. The van der Waals surface area contributed by atoms with Crippen LogP contribution >= 0.6 is 0 Å². The molecule has 7 nitrogen and oxygen atoms in total. The number of amides is 1. The number of nitrogens with zero attached hydrogens (tertiary/aromatic N) is 3. The van der Waals surface area contributed by atoms with Gasteiger partial charge >= 0.3 is 12.1 Å². The number of rotatable bonds is 3. The van der Waals surface area contributed by atoms with Crippen molar-refractivity contribution in [2.45, 2.75) is 26.4 Å². The van der Waals surface area contributed by atoms with Crippen LogP contribution < -0.4 is 4.90 Å². The van der Waals surface area contributed by atoms with Crippen molar-refractivity contribution in [2.75, 3.05) is 11.4 Å². The molecule has 0 saturated heterocycles. The van der Waals surface area contributed by atoms with Crippen molar-refractivity contribution in [3.8, 4) is 6.07 Å². The minimum Gasteiger partial charge on any atom is -0.478 e. The number of carbonyl (C=O) groups excluding carboxylic acids is 1. The summed E-state index contributed by atoms with van der Waals surface area (Å²) in [7, 11) is 0. The Bertz CT molecular complexity index is 557. The Kier molecular flexibility index (Phi) is 4.64. The van der Waals surface area contributed by atoms with E-state index in [2.05, 4.69) is 4.98 Å². The Hall–Kier alpha value is -2.62. The van der Waals surface area contributed by atoms with Gasteiger partial charge in [-0.2, -0.15) is 5.26 Å². The largest absolute Gasteiger partial charge is 0.478 e. The first-order valence-corrected chi connectivity index (χ1v) is 5.82. The quantitative estimate of drug-likeness (QED) is 0.848. The average molecular weight is 277 g/mol. The summed E-state index contributed by atoms with van der Waals surface area (Å²) < 4.78 is 5.14. The molecule has 7 heteroatoms. The van der Waals surface area contributed by atoms with Crippen LogP contribution in [0.25, 0.3) is 0 Å². The van der Waals surface area contributed by atoms with Crippen LogP contribution in [0.3, 0.4) is 0 Å². The van der Waals surface area contributed by atoms with Gasteiger partial charge in [0, 0.05) is 6.20 Å². The van der Waals surface area contributed by atoms with Crippen LogP contribution in [0, 0.1) is 11.3 Å². The fourth-order valence-corrected chi connectivity index (χ4v) is 1.39. The molecule has 0 atom stereocenters. The number of carboxylic acids is 1. The normalized spacial score (nSPS) is 10.5. The van der Waals surface area contributed by atoms with Gasteiger partial charge in [0.1, 0.15) is 17.7 Å². The standard InChI is InChI=1S/C13H15N3O4/c1-13(2,3)20-12(19)16(8-6-14)10-9(11(17)18)5-4-7-15-10/h4-5,7H,8H2,1-3H3,(H,17,18). The van der Waals surface area contributed by atoms with E-state index in [1.807, 2.05) is 0 Å². The van der Waals surface area contributed by atoms with Gasteiger partial charge in [0.2, 0.25) is 0 Å². The molecule has 0 radical (unpaired) electrons. The number of carboxylic acid groups (broad SMARTS) is 1. The predicted octanol–water partition coefficient (Wildman–Crippen LogP) is 2.04. The highest BCUT2D eigenvalue weighted by Crippen LogP contribution is 2.20. The fourth-order valence-electron chi connectivity index (χ4n) is 1.39. The lowest BCUT2D eigenvalue weighted by Crippen LogP contribution is -2.38. The zero-order valence-corrected chi connectivity index (χ0v) is 11.5. The zero-order valence-electron chi connectivity index (χ0n) is 11.5. The van der Waals surface area contributed by atoms with Gasteiger partial charge in [0.15, 0.2) is 5.82 Å². The topological polar surface area (TPSA) is 104 Å². The van der Waals surface area contributed by atoms with E-state index in [4.69, 9.17) is 15.1 Å². The molecule has 1 rings (SSSR count). The molecule has 0 spiro atoms. The van der Waals surface area contributed by atoms with E-state index in [1.165, 1.54) is 18.3 Å². The molecule has 0 aromatic carbocycles. The minimum absolute atomic E-state index is 0.115. The van der Waals surface area contributed by atoms with E-state index in [0.29, 0.717) is 0 Å². The number of aromatic nitrogens is 1. The molecular weight excluding hydrogens is 262 g/mol. The molecule has 0 fully saturated rings. The SMILES string of the molecule is CC(C)(C)OC(=O)N(CC#N)c1ncccc1C(=O)O. The van der Waals surface area contributed by atoms with Gasteiger partial charge in [0.25, 0.3) is 0 Å². The summed E-state index contributed by atoms with van der Waals surface area (Å²) in [6, 6.07) is 4.53. The molecule has 1 aromatic heterocycles. The summed E-state index contributed by atoms with van der Waals surface area (Å²) in [4.78, 5) is 27.9. The Morgan fingerprint density at radius 3 is 2.65 bits per heavy atom. The van der Waals surface area contributed by atoms with Crippen molar-refractivity contribution in [3.63, 3.8) is 0 Å². The summed E-state index contributed by atoms with van der Waals surface area (Å²) in [5, 5.41) is 17.9. The maximum Gasteiger partial charge on any atom is 0.416 e. The van der Waals surface area contributed by atoms with Gasteiger partial charge in [-0.3, -0.25) is 0 Å². The number of anilines is 1. The van der Waals surface area contributed by atoms with Gasteiger partial charge in [-0.15, -0.1) is 0 Å². The van der Waals surface area contributed by atoms with Crippen LogP contribution in [0.1, 0.15) is 31.1 Å². The molecule has 1 amide bonds. The number of hydrogen-bond acceptors (Lipinski definition) is 5. The van der Waals surface area contributed by atoms with Crippen molar-refractivity contribution in [1.82, 2.24) is 4.98 Å². The van der Waals surface area contributed by atoms with Crippen molar-refractivity contribution in [1.29, 1.82) is 5.26 Å². The van der Waals surface area contributed by atoms with Crippen LogP contribution in [0.2, 0.25) is 0 Å². The number of aromatic carboxylic acids is 1. The summed E-state index contributed by atoms with van der Waals surface area (Å²) in [5.74, 6) is -1.35. The second-order valence-electron chi connectivity index (χ2n) is 4.90. The van der Waals surface area contributed by atoms with E-state index < -0.39 is 17.7 Å². The number of pyridine rings is 1. The Morgan fingerprint density at radius 2 is 2.15 bits per heavy atom. The first-order chi connectivity index (χ1) is 9.26. The second-order valence-corrected chi connectivity index (χ2v) is 4.90. The van der Waals surface area contributed by atoms with E-state index in [-0.39, 0.29) is 17.9 Å². The van der Waals surface area contributed by atoms with E-state index in [1.54, 1.807) is 26.8 Å². The molecule has 1 aromatic rings. The Balaban J connectivity index is 3.18. The maximum atomic E-state index is 12.0. The first-order valence-electron chi connectivity index (χ1n) is 5.82. The molecule has 0 aliphatic carbocycles. The predicted molar refractivity (Wildman–Crippen MR) is 70.4 cm³/mol. The van der Waals surface area contributed by atoms with Crippen LogP contribution in [0.5, 0.6) is 0 Å². The second kappa shape index (κ2) is 6.02. The third-order valence-electron chi connectivity index (χ3n) is 2.12. The van der Waals surface area contributed by atoms with Gasteiger partial charge < -0.3 is 9.84 Å². The Morgan fingerprint density at radius 1 is 1.50 bits per heavy atom. The van der Waals surface area contributed by atoms with Crippen molar-refractivity contribution < 1.29 is 19.4 Å². The highest BCUT2D eigenvalue weighted by molar-refractivity contribution is 5.98. The fraction of sp³-hybridized carbons (Fsp3) is 0.385. The maximum absolute atomic E-state index is 12.0. The summed E-state index contributed by atoms with van der Waals surface area (Å²) in [6.45, 7) is 4.66. The molecule has 0 unspecified atom stereocenters. The number of carbonyl (C=O) groups is 2. The van der Waals surface area contributed by atoms with E-state index >= 15 is 0 Å². The average Bonchev–Trinajstić information content (AvgIpc) is 2.33. The molecule has 0 saturated carbocycles. The molecule has 106 valence electrons. The highest BCUT2D eigenvalue weighted by Gasteiger charge is 2.27. The third kappa shape index (κ3) is 3.95. The van der Waals surface area contributed by atoms with Gasteiger partial charge in [-0.25, -0.2) is 19.5 Å². The van der Waals surface area contributed by atoms with Crippen molar-refractivity contribution >= 4 is 17.9 Å². The Labute approximate surface area is 116 Å². The van der Waals surface area contributed by atoms with E-state index in [0.717, 1.165) is 4.90 Å². The summed E-state index contributed by atoms with van der Waals surface area (Å²) >= 11 is 0. The lowest BCUT2D eigenvalue weighted by Gasteiger charge is -2.25. The molecule has 0 aliphatic heterocycles. The summed E-state index contributed by atoms with van der Waals surface area (Å²) in [5.41, 5.74) is -0.934. The molecule has 1 heterocycles. The van der Waals surface area contributed by atoms with Crippen molar-refractivity contribution in [2.24, 2.45) is 0 Å². The van der Waals surface area contributed by atoms with Crippen molar-refractivity contribution in [3.05, 3.63) is 23.9 Å². The molecular formula is C13H15N3O4.